The largest absolute Gasteiger partial charge is 1.00 e. The Labute approximate surface area is 188 Å². The van der Waals surface area contributed by atoms with Crippen molar-refractivity contribution in [2.24, 2.45) is 0 Å². The maximum absolute atomic E-state index is 4.94. The summed E-state index contributed by atoms with van der Waals surface area (Å²) >= 11 is 0. The van der Waals surface area contributed by atoms with E-state index >= 15 is 0 Å². The first kappa shape index (κ1) is 23.6. The van der Waals surface area contributed by atoms with Crippen molar-refractivity contribution >= 4 is 21.5 Å². The third-order valence-electron chi connectivity index (χ3n) is 4.14. The Morgan fingerprint density at radius 2 is 0.667 bits per heavy atom. The van der Waals surface area contributed by atoms with Gasteiger partial charge in [0.15, 0.2) is 0 Å². The second-order valence-corrected chi connectivity index (χ2v) is 6.01. The number of fused-ring (bicyclic) bond motifs is 2. The van der Waals surface area contributed by atoms with Crippen LogP contribution in [0.1, 0.15) is 14.3 Å². The predicted octanol–water partition coefficient (Wildman–Crippen LogP) is 0.597. The summed E-state index contributed by atoms with van der Waals surface area (Å²) in [5, 5.41) is 5.24. The molecule has 1 aliphatic heterocycles. The molecule has 1 heterocycles. The maximum atomic E-state index is 4.94. The summed E-state index contributed by atoms with van der Waals surface area (Å²) in [6, 6.07) is 33.4. The fourth-order valence-corrected chi connectivity index (χ4v) is 2.78. The zero-order valence-electron chi connectivity index (χ0n) is 17.5. The fourth-order valence-electron chi connectivity index (χ4n) is 2.78. The van der Waals surface area contributed by atoms with Crippen LogP contribution in [0.15, 0.2) is 97.1 Å². The molecule has 1 fully saturated rings. The van der Waals surface area contributed by atoms with Crippen LogP contribution in [-0.2, 0) is 4.74 Å². The average molecular weight is 343 g/mol. The van der Waals surface area contributed by atoms with Crippen molar-refractivity contribution in [2.45, 2.75) is 12.8 Å². The average Bonchev–Trinajstić information content (AvgIpc) is 3.29. The van der Waals surface area contributed by atoms with E-state index in [0.29, 0.717) is 0 Å². The molecule has 1 saturated heterocycles. The van der Waals surface area contributed by atoms with Gasteiger partial charge in [-0.05, 0) is 34.4 Å². The molecule has 0 N–H and O–H groups in total. The van der Waals surface area contributed by atoms with E-state index in [1.54, 1.807) is 0 Å². The van der Waals surface area contributed by atoms with Gasteiger partial charge < -0.3 is 6.16 Å². The van der Waals surface area contributed by atoms with E-state index in [9.17, 15) is 0 Å². The van der Waals surface area contributed by atoms with Crippen molar-refractivity contribution in [2.75, 3.05) is 13.2 Å². The summed E-state index contributed by atoms with van der Waals surface area (Å²) in [6.07, 6.45) is 2.56. The van der Waals surface area contributed by atoms with Gasteiger partial charge in [-0.2, -0.15) is 0 Å². The third kappa shape index (κ3) is 7.98. The first-order valence-corrected chi connectivity index (χ1v) is 8.89. The second kappa shape index (κ2) is 13.7. The Morgan fingerprint density at radius 1 is 0.444 bits per heavy atom. The van der Waals surface area contributed by atoms with E-state index in [1.165, 1.54) is 34.4 Å². The van der Waals surface area contributed by atoms with Gasteiger partial charge in [-0.1, -0.05) is 97.1 Å². The normalized spacial score (nSPS) is 11.9. The summed E-state index contributed by atoms with van der Waals surface area (Å²) in [6.45, 7) is 2.00. The Balaban J connectivity index is 0.000000389. The van der Waals surface area contributed by atoms with Gasteiger partial charge in [-0.15, -0.1) is 0 Å². The predicted molar refractivity (Wildman–Crippen MR) is 109 cm³/mol. The molecule has 0 spiro atoms. The molecule has 3 heteroatoms. The molecule has 0 bridgehead atoms. The number of benzene rings is 4. The maximum Gasteiger partial charge on any atom is 1.00 e. The van der Waals surface area contributed by atoms with Gasteiger partial charge in [0, 0.05) is 13.2 Å². The molecule has 0 saturated carbocycles. The Kier molecular flexibility index (Phi) is 12.0. The van der Waals surface area contributed by atoms with Gasteiger partial charge in [-0.25, -0.2) is 0 Å². The van der Waals surface area contributed by atoms with Gasteiger partial charge in [-0.3, -0.25) is 0 Å². The molecule has 5 rings (SSSR count). The molecule has 0 aliphatic carbocycles. The van der Waals surface area contributed by atoms with Crippen LogP contribution in [0.5, 0.6) is 0 Å². The van der Waals surface area contributed by atoms with Crippen molar-refractivity contribution in [1.29, 1.82) is 0 Å². The van der Waals surface area contributed by atoms with E-state index in [-0.39, 0.29) is 39.1 Å². The van der Waals surface area contributed by atoms with Gasteiger partial charge in [0.05, 0.1) is 0 Å². The Bertz CT molecular complexity index is 701. The summed E-state index contributed by atoms with van der Waals surface area (Å²) in [5.74, 6) is 0. The van der Waals surface area contributed by atoms with Gasteiger partial charge in [0.25, 0.3) is 0 Å². The molecule has 0 atom stereocenters. The van der Waals surface area contributed by atoms with Crippen molar-refractivity contribution in [3.63, 3.8) is 0 Å². The summed E-state index contributed by atoms with van der Waals surface area (Å²) in [4.78, 5) is 0. The van der Waals surface area contributed by atoms with Crippen LogP contribution in [0.3, 0.4) is 0 Å². The molecule has 27 heavy (non-hydrogen) atoms. The number of ether oxygens (including phenoxy) is 1. The van der Waals surface area contributed by atoms with E-state index in [1.807, 2.05) is 0 Å². The fraction of sp³-hybridized carbons (Fsp3) is 0.167. The third-order valence-corrected chi connectivity index (χ3v) is 4.14. The number of hydrogen-bond acceptors (Lipinski definition) is 1. The van der Waals surface area contributed by atoms with E-state index in [0.717, 1.165) is 13.2 Å². The molecule has 0 amide bonds. The van der Waals surface area contributed by atoms with E-state index in [2.05, 4.69) is 97.1 Å². The molecule has 0 aromatic heterocycles. The zero-order chi connectivity index (χ0) is 17.2. The van der Waals surface area contributed by atoms with E-state index in [4.69, 9.17) is 4.74 Å². The Hall–Kier alpha value is -1.45. The molecular weight excluding hydrogens is 318 g/mol. The van der Waals surface area contributed by atoms with Gasteiger partial charge in [0.1, 0.15) is 0 Å². The standard InChI is InChI=1S/2C10H8.C4H8O.2Li.H/c2*1-2-6-10-8-4-3-7-9(10)5-1;1-2-4-5-3-1;;;/h2*1-8H;1-4H2;;;/q;;;2*+1;-1. The van der Waals surface area contributed by atoms with Crippen LogP contribution >= 0.6 is 0 Å². The van der Waals surface area contributed by atoms with Crippen molar-refractivity contribution in [3.05, 3.63) is 97.1 Å². The van der Waals surface area contributed by atoms with Crippen molar-refractivity contribution < 1.29 is 43.9 Å². The quantitative estimate of drug-likeness (QED) is 0.425. The minimum Gasteiger partial charge on any atom is -1.00 e. The van der Waals surface area contributed by atoms with Gasteiger partial charge >= 0.3 is 37.7 Å². The molecule has 128 valence electrons. The molecule has 0 unspecified atom stereocenters. The smallest absolute Gasteiger partial charge is 1.00 e. The van der Waals surface area contributed by atoms with Crippen molar-refractivity contribution in [1.82, 2.24) is 0 Å². The van der Waals surface area contributed by atoms with Crippen LogP contribution in [0, 0.1) is 0 Å². The molecule has 0 radical (unpaired) electrons. The van der Waals surface area contributed by atoms with Crippen LogP contribution in [0.25, 0.3) is 21.5 Å². The zero-order valence-corrected chi connectivity index (χ0v) is 16.5. The van der Waals surface area contributed by atoms with Crippen LogP contribution < -0.4 is 37.7 Å². The Morgan fingerprint density at radius 3 is 0.815 bits per heavy atom. The molecular formula is C24H25Li2O+. The minimum atomic E-state index is 0. The summed E-state index contributed by atoms with van der Waals surface area (Å²) < 4.78 is 4.94. The molecule has 4 aromatic carbocycles. The number of rotatable bonds is 0. The molecule has 4 aromatic rings. The summed E-state index contributed by atoms with van der Waals surface area (Å²) in [5.41, 5.74) is 0. The van der Waals surface area contributed by atoms with Crippen LogP contribution in [-0.4, -0.2) is 13.2 Å². The first-order chi connectivity index (χ1) is 12.4. The minimum absolute atomic E-state index is 0. The monoisotopic (exact) mass is 343 g/mol. The molecule has 1 aliphatic rings. The second-order valence-electron chi connectivity index (χ2n) is 6.01. The van der Waals surface area contributed by atoms with Crippen LogP contribution in [0.4, 0.5) is 0 Å². The van der Waals surface area contributed by atoms with E-state index < -0.39 is 0 Å². The first-order valence-electron chi connectivity index (χ1n) is 8.89. The topological polar surface area (TPSA) is 9.23 Å². The molecule has 1 nitrogen and oxygen atoms in total. The SMILES string of the molecule is C1CCOC1.[H-].[Li+].[Li+].c1ccc2ccccc2c1.c1ccc2ccccc2c1. The van der Waals surface area contributed by atoms with Gasteiger partial charge in [0.2, 0.25) is 0 Å². The van der Waals surface area contributed by atoms with Crippen LogP contribution in [0.2, 0.25) is 0 Å². The number of hydrogen-bond donors (Lipinski definition) is 0. The van der Waals surface area contributed by atoms with Crippen molar-refractivity contribution in [3.8, 4) is 0 Å². The summed E-state index contributed by atoms with van der Waals surface area (Å²) in [7, 11) is 0.